The zero-order valence-corrected chi connectivity index (χ0v) is 9.82. The Kier molecular flexibility index (Phi) is 2.63. The molecule has 16 heavy (non-hydrogen) atoms. The normalized spacial score (nSPS) is 25.5. The van der Waals surface area contributed by atoms with Crippen LogP contribution in [0.15, 0.2) is 0 Å². The molecule has 2 unspecified atom stereocenters. The maximum absolute atomic E-state index is 11.8. The molecule has 1 fully saturated rings. The van der Waals surface area contributed by atoms with Crippen molar-refractivity contribution in [2.45, 2.75) is 20.4 Å². The molecule has 2 N–H and O–H groups in total. The molecule has 1 saturated heterocycles. The van der Waals surface area contributed by atoms with Crippen LogP contribution in [0.1, 0.15) is 18.9 Å². The summed E-state index contributed by atoms with van der Waals surface area (Å²) in [6, 6.07) is 0. The first-order chi connectivity index (χ1) is 7.50. The smallest absolute Gasteiger partial charge is 0.233 e. The Morgan fingerprint density at radius 2 is 1.81 bits per heavy atom. The number of aromatic nitrogens is 2. The summed E-state index contributed by atoms with van der Waals surface area (Å²) >= 11 is 1.19. The molecule has 1 aromatic heterocycles. The number of rotatable bonds is 2. The number of anilines is 1. The first-order valence-electron chi connectivity index (χ1n) is 4.93. The third-order valence-electron chi connectivity index (χ3n) is 2.84. The van der Waals surface area contributed by atoms with Crippen molar-refractivity contribution in [1.82, 2.24) is 15.1 Å². The van der Waals surface area contributed by atoms with Crippen LogP contribution in [0.5, 0.6) is 0 Å². The predicted molar refractivity (Wildman–Crippen MR) is 58.2 cm³/mol. The van der Waals surface area contributed by atoms with Crippen molar-refractivity contribution in [3.8, 4) is 0 Å². The molecule has 6 nitrogen and oxygen atoms in total. The van der Waals surface area contributed by atoms with E-state index in [-0.39, 0.29) is 30.2 Å². The van der Waals surface area contributed by atoms with Crippen molar-refractivity contribution in [2.24, 2.45) is 11.8 Å². The highest BCUT2D eigenvalue weighted by atomic mass is 32.1. The van der Waals surface area contributed by atoms with E-state index < -0.39 is 0 Å². The van der Waals surface area contributed by atoms with Gasteiger partial charge in [0.1, 0.15) is 5.01 Å². The summed E-state index contributed by atoms with van der Waals surface area (Å²) < 4.78 is 0. The summed E-state index contributed by atoms with van der Waals surface area (Å²) in [4.78, 5) is 24.8. The lowest BCUT2D eigenvalue weighted by Crippen LogP contribution is -2.30. The van der Waals surface area contributed by atoms with Crippen molar-refractivity contribution in [3.05, 3.63) is 5.01 Å². The first kappa shape index (κ1) is 11.0. The zero-order valence-electron chi connectivity index (χ0n) is 9.01. The topological polar surface area (TPSA) is 89.2 Å². The number of nitrogens with zero attached hydrogens (tertiary/aromatic N) is 3. The average Bonchev–Trinajstić information content (AvgIpc) is 2.73. The molecule has 0 aliphatic carbocycles. The van der Waals surface area contributed by atoms with Gasteiger partial charge in [-0.1, -0.05) is 25.2 Å². The molecule has 2 amide bonds. The number of hydrogen-bond donors (Lipinski definition) is 1. The zero-order chi connectivity index (χ0) is 11.9. The van der Waals surface area contributed by atoms with Gasteiger partial charge in [-0.05, 0) is 0 Å². The van der Waals surface area contributed by atoms with E-state index in [0.717, 1.165) is 0 Å². The van der Waals surface area contributed by atoms with E-state index in [0.29, 0.717) is 10.1 Å². The highest BCUT2D eigenvalue weighted by Gasteiger charge is 2.42. The van der Waals surface area contributed by atoms with Gasteiger partial charge >= 0.3 is 0 Å². The molecule has 0 radical (unpaired) electrons. The van der Waals surface area contributed by atoms with Gasteiger partial charge in [0.05, 0.1) is 6.54 Å². The summed E-state index contributed by atoms with van der Waals surface area (Å²) in [6.07, 6.45) is 0. The summed E-state index contributed by atoms with van der Waals surface area (Å²) in [6.45, 7) is 3.71. The second-order valence-corrected chi connectivity index (χ2v) is 4.97. The summed E-state index contributed by atoms with van der Waals surface area (Å²) in [5.41, 5.74) is 5.43. The number of imide groups is 1. The molecule has 0 saturated carbocycles. The van der Waals surface area contributed by atoms with E-state index in [1.54, 1.807) is 13.8 Å². The van der Waals surface area contributed by atoms with Gasteiger partial charge in [-0.3, -0.25) is 14.5 Å². The van der Waals surface area contributed by atoms with Crippen molar-refractivity contribution in [1.29, 1.82) is 0 Å². The fraction of sp³-hybridized carbons (Fsp3) is 0.556. The average molecular weight is 240 g/mol. The lowest BCUT2D eigenvalue weighted by molar-refractivity contribution is -0.140. The van der Waals surface area contributed by atoms with Gasteiger partial charge in [0.2, 0.25) is 16.9 Å². The SMILES string of the molecule is CC1C(=O)N(Cc2nnc(N)s2)C(=O)C1C. The lowest BCUT2D eigenvalue weighted by atomic mass is 10.00. The minimum atomic E-state index is -0.252. The molecule has 0 spiro atoms. The third-order valence-corrected chi connectivity index (χ3v) is 3.57. The Hall–Kier alpha value is -1.50. The molecule has 1 aliphatic rings. The Morgan fingerprint density at radius 3 is 2.25 bits per heavy atom. The van der Waals surface area contributed by atoms with Gasteiger partial charge in [0.15, 0.2) is 0 Å². The minimum Gasteiger partial charge on any atom is -0.374 e. The molecule has 1 aliphatic heterocycles. The predicted octanol–water partition coefficient (Wildman–Crippen LogP) is 0.261. The lowest BCUT2D eigenvalue weighted by Gasteiger charge is -2.11. The van der Waals surface area contributed by atoms with Gasteiger partial charge in [0.25, 0.3) is 0 Å². The van der Waals surface area contributed by atoms with Crippen LogP contribution in [-0.4, -0.2) is 26.9 Å². The molecule has 2 rings (SSSR count). The Balaban J connectivity index is 2.16. The third kappa shape index (κ3) is 1.67. The van der Waals surface area contributed by atoms with Crippen LogP contribution in [0.25, 0.3) is 0 Å². The van der Waals surface area contributed by atoms with Crippen LogP contribution in [0.4, 0.5) is 5.13 Å². The molecule has 7 heteroatoms. The number of nitrogens with two attached hydrogens (primary N) is 1. The maximum Gasteiger partial charge on any atom is 0.233 e. The minimum absolute atomic E-state index is 0.147. The first-order valence-corrected chi connectivity index (χ1v) is 5.75. The van der Waals surface area contributed by atoms with Crippen LogP contribution in [0, 0.1) is 11.8 Å². The van der Waals surface area contributed by atoms with E-state index in [4.69, 9.17) is 5.73 Å². The van der Waals surface area contributed by atoms with Gasteiger partial charge in [-0.2, -0.15) is 0 Å². The number of carbonyl (C=O) groups excluding carboxylic acids is 2. The molecule has 0 aromatic carbocycles. The number of likely N-dealkylation sites (tertiary alicyclic amines) is 1. The Morgan fingerprint density at radius 1 is 1.25 bits per heavy atom. The molecular formula is C9H12N4O2S. The summed E-state index contributed by atoms with van der Waals surface area (Å²) in [5.74, 6) is -0.798. The second-order valence-electron chi connectivity index (χ2n) is 3.87. The van der Waals surface area contributed by atoms with Crippen LogP contribution in [0.3, 0.4) is 0 Å². The fourth-order valence-corrected chi connectivity index (χ4v) is 2.25. The summed E-state index contributed by atoms with van der Waals surface area (Å²) in [7, 11) is 0. The van der Waals surface area contributed by atoms with Crippen LogP contribution < -0.4 is 5.73 Å². The highest BCUT2D eigenvalue weighted by molar-refractivity contribution is 7.15. The van der Waals surface area contributed by atoms with E-state index in [2.05, 4.69) is 10.2 Å². The van der Waals surface area contributed by atoms with E-state index in [1.165, 1.54) is 16.2 Å². The molecule has 86 valence electrons. The molecular weight excluding hydrogens is 228 g/mol. The molecule has 1 aromatic rings. The summed E-state index contributed by atoms with van der Waals surface area (Å²) in [5, 5.41) is 8.37. The fourth-order valence-electron chi connectivity index (χ4n) is 1.65. The van der Waals surface area contributed by atoms with Crippen molar-refractivity contribution >= 4 is 28.3 Å². The van der Waals surface area contributed by atoms with E-state index >= 15 is 0 Å². The maximum atomic E-state index is 11.8. The molecule has 0 bridgehead atoms. The van der Waals surface area contributed by atoms with Gasteiger partial charge in [-0.25, -0.2) is 0 Å². The van der Waals surface area contributed by atoms with E-state index in [9.17, 15) is 9.59 Å². The second kappa shape index (κ2) is 3.82. The Bertz CT molecular complexity index is 424. The van der Waals surface area contributed by atoms with Crippen LogP contribution in [-0.2, 0) is 16.1 Å². The molecule has 2 atom stereocenters. The molecule has 2 heterocycles. The van der Waals surface area contributed by atoms with Gasteiger partial charge in [-0.15, -0.1) is 10.2 Å². The van der Waals surface area contributed by atoms with Gasteiger partial charge < -0.3 is 5.73 Å². The number of hydrogen-bond acceptors (Lipinski definition) is 6. The number of nitrogen functional groups attached to an aromatic ring is 1. The highest BCUT2D eigenvalue weighted by Crippen LogP contribution is 2.27. The van der Waals surface area contributed by atoms with Crippen LogP contribution in [0.2, 0.25) is 0 Å². The van der Waals surface area contributed by atoms with Crippen LogP contribution >= 0.6 is 11.3 Å². The number of carbonyl (C=O) groups is 2. The largest absolute Gasteiger partial charge is 0.374 e. The van der Waals surface area contributed by atoms with Gasteiger partial charge in [0, 0.05) is 11.8 Å². The monoisotopic (exact) mass is 240 g/mol. The van der Waals surface area contributed by atoms with E-state index in [1.807, 2.05) is 0 Å². The Labute approximate surface area is 96.5 Å². The van der Waals surface area contributed by atoms with Crippen molar-refractivity contribution in [2.75, 3.05) is 5.73 Å². The van der Waals surface area contributed by atoms with Crippen molar-refractivity contribution in [3.63, 3.8) is 0 Å². The standard InChI is InChI=1S/C9H12N4O2S/c1-4-5(2)8(15)13(7(4)14)3-6-11-12-9(10)16-6/h4-5H,3H2,1-2H3,(H2,10,12). The van der Waals surface area contributed by atoms with Crippen molar-refractivity contribution < 1.29 is 9.59 Å². The number of amides is 2. The quantitative estimate of drug-likeness (QED) is 0.749.